The number of carbonyl (C=O) groups is 1. The third-order valence-electron chi connectivity index (χ3n) is 3.88. The van der Waals surface area contributed by atoms with E-state index in [1.54, 1.807) is 0 Å². The number of carbonyl (C=O) groups excluding carboxylic acids is 1. The van der Waals surface area contributed by atoms with E-state index in [9.17, 15) is 4.79 Å². The van der Waals surface area contributed by atoms with Crippen LogP contribution in [0.1, 0.15) is 32.6 Å². The Morgan fingerprint density at radius 3 is 2.62 bits per heavy atom. The maximum absolute atomic E-state index is 11.9. The molecule has 0 saturated carbocycles. The standard InChI is InChI=1S/C13H22N2O/c1-13(6-8-14-9-7-13)10-15-12(16)11-4-2-3-5-11/h2-3,11,14H,4-10H2,1H3,(H,15,16). The molecule has 1 fully saturated rings. The zero-order valence-electron chi connectivity index (χ0n) is 10.1. The molecule has 0 bridgehead atoms. The van der Waals surface area contributed by atoms with Gasteiger partial charge in [-0.2, -0.15) is 0 Å². The normalized spacial score (nSPS) is 24.6. The molecule has 0 unspecified atom stereocenters. The summed E-state index contributed by atoms with van der Waals surface area (Å²) in [7, 11) is 0. The van der Waals surface area contributed by atoms with Gasteiger partial charge in [-0.25, -0.2) is 0 Å². The molecule has 3 heteroatoms. The minimum absolute atomic E-state index is 0.199. The van der Waals surface area contributed by atoms with Crippen molar-refractivity contribution in [2.24, 2.45) is 11.3 Å². The third-order valence-corrected chi connectivity index (χ3v) is 3.88. The number of nitrogens with one attached hydrogen (secondary N) is 2. The Hall–Kier alpha value is -0.830. The zero-order chi connectivity index (χ0) is 11.4. The van der Waals surface area contributed by atoms with Gasteiger partial charge in [-0.15, -0.1) is 0 Å². The Morgan fingerprint density at radius 1 is 1.38 bits per heavy atom. The van der Waals surface area contributed by atoms with Crippen LogP contribution in [0.2, 0.25) is 0 Å². The summed E-state index contributed by atoms with van der Waals surface area (Å²) in [6.45, 7) is 5.28. The molecule has 1 saturated heterocycles. The quantitative estimate of drug-likeness (QED) is 0.710. The highest BCUT2D eigenvalue weighted by Crippen LogP contribution is 2.27. The molecule has 0 aromatic rings. The molecule has 0 atom stereocenters. The van der Waals surface area contributed by atoms with Crippen molar-refractivity contribution in [3.05, 3.63) is 12.2 Å². The van der Waals surface area contributed by atoms with Gasteiger partial charge in [0.05, 0.1) is 0 Å². The van der Waals surface area contributed by atoms with Gasteiger partial charge in [-0.05, 0) is 44.2 Å². The van der Waals surface area contributed by atoms with E-state index in [0.717, 1.165) is 45.3 Å². The molecule has 0 aromatic carbocycles. The molecule has 1 heterocycles. The van der Waals surface area contributed by atoms with Gasteiger partial charge in [0, 0.05) is 12.5 Å². The third kappa shape index (κ3) is 2.85. The maximum Gasteiger partial charge on any atom is 0.223 e. The summed E-state index contributed by atoms with van der Waals surface area (Å²) in [6, 6.07) is 0. The highest BCUT2D eigenvalue weighted by molar-refractivity contribution is 5.79. The van der Waals surface area contributed by atoms with Crippen LogP contribution in [0.25, 0.3) is 0 Å². The van der Waals surface area contributed by atoms with E-state index in [2.05, 4.69) is 29.7 Å². The lowest BCUT2D eigenvalue weighted by Crippen LogP contribution is -2.44. The number of hydrogen-bond donors (Lipinski definition) is 2. The highest BCUT2D eigenvalue weighted by Gasteiger charge is 2.28. The zero-order valence-corrected chi connectivity index (χ0v) is 10.1. The van der Waals surface area contributed by atoms with Crippen LogP contribution in [0.3, 0.4) is 0 Å². The average Bonchev–Trinajstić information content (AvgIpc) is 2.80. The fraction of sp³-hybridized carbons (Fsp3) is 0.769. The Kier molecular flexibility index (Phi) is 3.64. The lowest BCUT2D eigenvalue weighted by Gasteiger charge is -2.34. The van der Waals surface area contributed by atoms with Crippen molar-refractivity contribution < 1.29 is 4.79 Å². The van der Waals surface area contributed by atoms with Crippen molar-refractivity contribution in [3.8, 4) is 0 Å². The topological polar surface area (TPSA) is 41.1 Å². The van der Waals surface area contributed by atoms with Crippen LogP contribution >= 0.6 is 0 Å². The van der Waals surface area contributed by atoms with Gasteiger partial charge in [0.25, 0.3) is 0 Å². The lowest BCUT2D eigenvalue weighted by molar-refractivity contribution is -0.125. The van der Waals surface area contributed by atoms with Gasteiger partial charge >= 0.3 is 0 Å². The van der Waals surface area contributed by atoms with E-state index in [-0.39, 0.29) is 11.8 Å². The molecule has 3 nitrogen and oxygen atoms in total. The molecule has 1 aliphatic carbocycles. The largest absolute Gasteiger partial charge is 0.355 e. The summed E-state index contributed by atoms with van der Waals surface area (Å²) in [5, 5.41) is 6.49. The number of piperidine rings is 1. The van der Waals surface area contributed by atoms with Crippen LogP contribution in [0.4, 0.5) is 0 Å². The Morgan fingerprint density at radius 2 is 2.00 bits per heavy atom. The van der Waals surface area contributed by atoms with Crippen molar-refractivity contribution in [3.63, 3.8) is 0 Å². The van der Waals surface area contributed by atoms with Gasteiger partial charge in [0.2, 0.25) is 5.91 Å². The molecule has 0 radical (unpaired) electrons. The van der Waals surface area contributed by atoms with E-state index >= 15 is 0 Å². The van der Waals surface area contributed by atoms with Gasteiger partial charge in [-0.1, -0.05) is 19.1 Å². The number of amides is 1. The van der Waals surface area contributed by atoms with Crippen molar-refractivity contribution >= 4 is 5.91 Å². The van der Waals surface area contributed by atoms with Crippen molar-refractivity contribution in [1.29, 1.82) is 0 Å². The second-order valence-electron chi connectivity index (χ2n) is 5.42. The van der Waals surface area contributed by atoms with E-state index in [1.807, 2.05) is 0 Å². The first-order chi connectivity index (χ1) is 7.70. The summed E-state index contributed by atoms with van der Waals surface area (Å²) in [5.41, 5.74) is 0.299. The Labute approximate surface area is 97.7 Å². The molecule has 1 amide bonds. The minimum Gasteiger partial charge on any atom is -0.355 e. The van der Waals surface area contributed by atoms with Crippen LogP contribution in [0, 0.1) is 11.3 Å². The molecule has 2 N–H and O–H groups in total. The predicted molar refractivity (Wildman–Crippen MR) is 65.1 cm³/mol. The summed E-state index contributed by atoms with van der Waals surface area (Å²) < 4.78 is 0. The van der Waals surface area contributed by atoms with Gasteiger partial charge in [0.15, 0.2) is 0 Å². The highest BCUT2D eigenvalue weighted by atomic mass is 16.1. The SMILES string of the molecule is CC1(CNC(=O)C2CC=CC2)CCNCC1. The van der Waals surface area contributed by atoms with Crippen LogP contribution < -0.4 is 10.6 Å². The Bertz CT molecular complexity index is 272. The van der Waals surface area contributed by atoms with Crippen LogP contribution in [0.15, 0.2) is 12.2 Å². The van der Waals surface area contributed by atoms with E-state index in [1.165, 1.54) is 0 Å². The second kappa shape index (κ2) is 5.00. The van der Waals surface area contributed by atoms with Crippen molar-refractivity contribution in [2.45, 2.75) is 32.6 Å². The summed E-state index contributed by atoms with van der Waals surface area (Å²) in [6.07, 6.45) is 8.38. The molecule has 2 aliphatic rings. The monoisotopic (exact) mass is 222 g/mol. The van der Waals surface area contributed by atoms with Crippen LogP contribution in [-0.4, -0.2) is 25.5 Å². The molecule has 0 spiro atoms. The smallest absolute Gasteiger partial charge is 0.223 e. The number of hydrogen-bond acceptors (Lipinski definition) is 2. The van der Waals surface area contributed by atoms with E-state index in [4.69, 9.17) is 0 Å². The molecular weight excluding hydrogens is 200 g/mol. The van der Waals surface area contributed by atoms with Crippen molar-refractivity contribution in [1.82, 2.24) is 10.6 Å². The summed E-state index contributed by atoms with van der Waals surface area (Å²) in [5.74, 6) is 0.440. The predicted octanol–water partition coefficient (Wildman–Crippen LogP) is 1.46. The van der Waals surface area contributed by atoms with E-state index in [0.29, 0.717) is 5.41 Å². The van der Waals surface area contributed by atoms with E-state index < -0.39 is 0 Å². The lowest BCUT2D eigenvalue weighted by atomic mass is 9.81. The number of rotatable bonds is 3. The fourth-order valence-corrected chi connectivity index (χ4v) is 2.48. The van der Waals surface area contributed by atoms with Gasteiger partial charge in [-0.3, -0.25) is 4.79 Å². The average molecular weight is 222 g/mol. The Balaban J connectivity index is 1.75. The fourth-order valence-electron chi connectivity index (χ4n) is 2.48. The first kappa shape index (κ1) is 11.6. The van der Waals surface area contributed by atoms with Crippen molar-refractivity contribution in [2.75, 3.05) is 19.6 Å². The van der Waals surface area contributed by atoms with Gasteiger partial charge in [0.1, 0.15) is 0 Å². The molecule has 2 rings (SSSR count). The molecule has 0 aromatic heterocycles. The van der Waals surface area contributed by atoms with Crippen LogP contribution in [-0.2, 0) is 4.79 Å². The number of allylic oxidation sites excluding steroid dienone is 2. The van der Waals surface area contributed by atoms with Crippen LogP contribution in [0.5, 0.6) is 0 Å². The molecule has 1 aliphatic heterocycles. The molecule has 16 heavy (non-hydrogen) atoms. The summed E-state index contributed by atoms with van der Waals surface area (Å²) >= 11 is 0. The minimum atomic E-state index is 0.199. The first-order valence-corrected chi connectivity index (χ1v) is 6.33. The maximum atomic E-state index is 11.9. The first-order valence-electron chi connectivity index (χ1n) is 6.33. The van der Waals surface area contributed by atoms with Gasteiger partial charge < -0.3 is 10.6 Å². The molecule has 90 valence electrons. The second-order valence-corrected chi connectivity index (χ2v) is 5.42. The summed E-state index contributed by atoms with van der Waals surface area (Å²) in [4.78, 5) is 11.9. The molecular formula is C13H22N2O.